The Morgan fingerprint density at radius 3 is 2.15 bits per heavy atom. The number of nitrogens with zero attached hydrogens (tertiary/aromatic N) is 2. The van der Waals surface area contributed by atoms with E-state index in [0.29, 0.717) is 5.56 Å². The van der Waals surface area contributed by atoms with Crippen molar-refractivity contribution < 1.29 is 31.1 Å². The maximum absolute atomic E-state index is 13.0. The highest BCUT2D eigenvalue weighted by molar-refractivity contribution is 5.93. The van der Waals surface area contributed by atoms with Gasteiger partial charge in [0.1, 0.15) is 0 Å². The molecule has 0 saturated heterocycles. The standard InChI is InChI=1S/C17H10F6N2O/c18-16(19,20)9-26-15-24-13-7-6-11(17(21,22)23)8-12(13)14(25-15)10-4-2-1-3-5-10/h1-8H,9H2. The molecule has 3 nitrogen and oxygen atoms in total. The van der Waals surface area contributed by atoms with Gasteiger partial charge in [0.15, 0.2) is 6.61 Å². The first-order valence-corrected chi connectivity index (χ1v) is 7.27. The summed E-state index contributed by atoms with van der Waals surface area (Å²) >= 11 is 0. The molecular weight excluding hydrogens is 362 g/mol. The predicted molar refractivity (Wildman–Crippen MR) is 81.5 cm³/mol. The van der Waals surface area contributed by atoms with Crippen molar-refractivity contribution in [2.24, 2.45) is 0 Å². The first-order chi connectivity index (χ1) is 12.1. The maximum atomic E-state index is 13.0. The Morgan fingerprint density at radius 2 is 1.54 bits per heavy atom. The number of hydrogen-bond acceptors (Lipinski definition) is 3. The van der Waals surface area contributed by atoms with Crippen LogP contribution in [0.4, 0.5) is 26.3 Å². The number of alkyl halides is 6. The van der Waals surface area contributed by atoms with Crippen molar-refractivity contribution in [3.63, 3.8) is 0 Å². The Morgan fingerprint density at radius 1 is 0.846 bits per heavy atom. The summed E-state index contributed by atoms with van der Waals surface area (Å²) in [7, 11) is 0. The Kier molecular flexibility index (Phi) is 4.47. The number of ether oxygens (including phenoxy) is 1. The van der Waals surface area contributed by atoms with Crippen LogP contribution in [0, 0.1) is 0 Å². The highest BCUT2D eigenvalue weighted by Gasteiger charge is 2.32. The zero-order valence-corrected chi connectivity index (χ0v) is 12.9. The zero-order valence-electron chi connectivity index (χ0n) is 12.9. The first-order valence-electron chi connectivity index (χ1n) is 7.27. The summed E-state index contributed by atoms with van der Waals surface area (Å²) in [6, 6.07) is 10.3. The zero-order chi connectivity index (χ0) is 18.9. The lowest BCUT2D eigenvalue weighted by Gasteiger charge is -2.13. The molecule has 0 radical (unpaired) electrons. The summed E-state index contributed by atoms with van der Waals surface area (Å²) < 4.78 is 80.6. The van der Waals surface area contributed by atoms with Crippen LogP contribution in [0.2, 0.25) is 0 Å². The van der Waals surface area contributed by atoms with Crippen LogP contribution in [0.1, 0.15) is 5.56 Å². The molecule has 0 saturated carbocycles. The van der Waals surface area contributed by atoms with Crippen LogP contribution in [-0.2, 0) is 6.18 Å². The number of benzene rings is 2. The third-order valence-corrected chi connectivity index (χ3v) is 3.41. The Labute approximate surface area is 143 Å². The van der Waals surface area contributed by atoms with Crippen LogP contribution in [0.5, 0.6) is 6.01 Å². The number of halogens is 6. The molecule has 0 amide bonds. The molecule has 0 aliphatic heterocycles. The van der Waals surface area contributed by atoms with Crippen LogP contribution >= 0.6 is 0 Å². The molecule has 3 aromatic rings. The van der Waals surface area contributed by atoms with E-state index in [1.54, 1.807) is 30.3 Å². The molecule has 0 atom stereocenters. The van der Waals surface area contributed by atoms with Gasteiger partial charge in [-0.05, 0) is 18.2 Å². The Balaban J connectivity index is 2.17. The minimum atomic E-state index is -4.59. The van der Waals surface area contributed by atoms with E-state index in [1.165, 1.54) is 0 Å². The SMILES string of the molecule is FC(F)(F)COc1nc(-c2ccccc2)c2cc(C(F)(F)F)ccc2n1. The minimum Gasteiger partial charge on any atom is -0.454 e. The summed E-state index contributed by atoms with van der Waals surface area (Å²) in [5, 5.41) is 0.0605. The average Bonchev–Trinajstić information content (AvgIpc) is 2.58. The highest BCUT2D eigenvalue weighted by Crippen LogP contribution is 2.35. The molecule has 1 heterocycles. The topological polar surface area (TPSA) is 35.0 Å². The van der Waals surface area contributed by atoms with Gasteiger partial charge in [0.25, 0.3) is 0 Å². The molecule has 0 aliphatic carbocycles. The molecule has 0 N–H and O–H groups in total. The molecule has 2 aromatic carbocycles. The molecule has 26 heavy (non-hydrogen) atoms. The number of aromatic nitrogens is 2. The van der Waals surface area contributed by atoms with Gasteiger partial charge in [-0.2, -0.15) is 36.3 Å². The van der Waals surface area contributed by atoms with E-state index in [1.807, 2.05) is 0 Å². The second-order valence-electron chi connectivity index (χ2n) is 5.35. The third-order valence-electron chi connectivity index (χ3n) is 3.41. The lowest BCUT2D eigenvalue weighted by atomic mass is 10.0. The van der Waals surface area contributed by atoms with Crippen molar-refractivity contribution in [2.45, 2.75) is 12.4 Å². The van der Waals surface area contributed by atoms with Gasteiger partial charge in [0.05, 0.1) is 16.8 Å². The van der Waals surface area contributed by atoms with Crippen molar-refractivity contribution in [3.05, 3.63) is 54.1 Å². The van der Waals surface area contributed by atoms with Crippen molar-refractivity contribution in [3.8, 4) is 17.3 Å². The monoisotopic (exact) mass is 372 g/mol. The van der Waals surface area contributed by atoms with Gasteiger partial charge < -0.3 is 4.74 Å². The fourth-order valence-electron chi connectivity index (χ4n) is 2.31. The molecule has 1 aromatic heterocycles. The molecule has 0 spiro atoms. The van der Waals surface area contributed by atoms with Gasteiger partial charge in [0.2, 0.25) is 0 Å². The summed E-state index contributed by atoms with van der Waals surface area (Å²) in [4.78, 5) is 7.68. The molecule has 136 valence electrons. The Bertz CT molecular complexity index is 922. The molecule has 9 heteroatoms. The van der Waals surface area contributed by atoms with Crippen LogP contribution in [-0.4, -0.2) is 22.8 Å². The van der Waals surface area contributed by atoms with Gasteiger partial charge in [-0.1, -0.05) is 30.3 Å². The molecule has 0 unspecified atom stereocenters. The fraction of sp³-hybridized carbons (Fsp3) is 0.176. The largest absolute Gasteiger partial charge is 0.454 e. The second kappa shape index (κ2) is 6.47. The van der Waals surface area contributed by atoms with E-state index in [9.17, 15) is 26.3 Å². The van der Waals surface area contributed by atoms with Crippen molar-refractivity contribution in [2.75, 3.05) is 6.61 Å². The summed E-state index contributed by atoms with van der Waals surface area (Å²) in [5.74, 6) is 0. The second-order valence-corrected chi connectivity index (χ2v) is 5.35. The van der Waals surface area contributed by atoms with Crippen LogP contribution in [0.15, 0.2) is 48.5 Å². The maximum Gasteiger partial charge on any atom is 0.422 e. The van der Waals surface area contributed by atoms with Gasteiger partial charge >= 0.3 is 18.4 Å². The van der Waals surface area contributed by atoms with Crippen molar-refractivity contribution in [1.29, 1.82) is 0 Å². The molecular formula is C17H10F6N2O. The van der Waals surface area contributed by atoms with Crippen LogP contribution in [0.25, 0.3) is 22.2 Å². The van der Waals surface area contributed by atoms with Gasteiger partial charge in [0, 0.05) is 10.9 Å². The lowest BCUT2D eigenvalue weighted by molar-refractivity contribution is -0.154. The smallest absolute Gasteiger partial charge is 0.422 e. The number of rotatable bonds is 3. The van der Waals surface area contributed by atoms with E-state index in [0.717, 1.165) is 18.2 Å². The summed E-state index contributed by atoms with van der Waals surface area (Å²) in [6.45, 7) is -1.60. The van der Waals surface area contributed by atoms with E-state index in [-0.39, 0.29) is 16.6 Å². The number of hydrogen-bond donors (Lipinski definition) is 0. The number of fused-ring (bicyclic) bond motifs is 1. The lowest BCUT2D eigenvalue weighted by Crippen LogP contribution is -2.20. The van der Waals surface area contributed by atoms with Crippen LogP contribution < -0.4 is 4.74 Å². The molecule has 0 aliphatic rings. The molecule has 0 fully saturated rings. The van der Waals surface area contributed by atoms with Crippen molar-refractivity contribution >= 4 is 10.9 Å². The van der Waals surface area contributed by atoms with E-state index in [4.69, 9.17) is 0 Å². The van der Waals surface area contributed by atoms with Crippen LogP contribution in [0.3, 0.4) is 0 Å². The average molecular weight is 372 g/mol. The normalized spacial score (nSPS) is 12.4. The molecule has 0 bridgehead atoms. The molecule has 3 rings (SSSR count). The van der Waals surface area contributed by atoms with Gasteiger partial charge in [-0.15, -0.1) is 0 Å². The highest BCUT2D eigenvalue weighted by atomic mass is 19.4. The minimum absolute atomic E-state index is 0.0454. The fourth-order valence-corrected chi connectivity index (χ4v) is 2.31. The first kappa shape index (κ1) is 18.0. The Hall–Kier alpha value is -2.84. The van der Waals surface area contributed by atoms with Crippen molar-refractivity contribution in [1.82, 2.24) is 9.97 Å². The van der Waals surface area contributed by atoms with E-state index >= 15 is 0 Å². The quantitative estimate of drug-likeness (QED) is 0.589. The summed E-state index contributed by atoms with van der Waals surface area (Å²) in [5.41, 5.74) is -0.381. The predicted octanol–water partition coefficient (Wildman–Crippen LogP) is 5.26. The van der Waals surface area contributed by atoms with Gasteiger partial charge in [-0.25, -0.2) is 0 Å². The van der Waals surface area contributed by atoms with E-state index < -0.39 is 30.5 Å². The van der Waals surface area contributed by atoms with E-state index in [2.05, 4.69) is 14.7 Å². The third kappa shape index (κ3) is 4.04. The van der Waals surface area contributed by atoms with Gasteiger partial charge in [-0.3, -0.25) is 0 Å². The summed E-state index contributed by atoms with van der Waals surface area (Å²) in [6.07, 6.45) is -9.17.